The van der Waals surface area contributed by atoms with Crippen LogP contribution in [0.15, 0.2) is 36.7 Å². The molecule has 1 atom stereocenters. The molecule has 23 heavy (non-hydrogen) atoms. The summed E-state index contributed by atoms with van der Waals surface area (Å²) < 4.78 is 5.06. The molecular weight excluding hydrogens is 296 g/mol. The highest BCUT2D eigenvalue weighted by Gasteiger charge is 2.46. The zero-order valence-corrected chi connectivity index (χ0v) is 12.9. The molecule has 2 heterocycles. The monoisotopic (exact) mass is 314 g/mol. The predicted molar refractivity (Wildman–Crippen MR) is 84.2 cm³/mol. The van der Waals surface area contributed by atoms with Gasteiger partial charge in [-0.25, -0.2) is 0 Å². The van der Waals surface area contributed by atoms with Gasteiger partial charge in [-0.1, -0.05) is 24.3 Å². The van der Waals surface area contributed by atoms with Gasteiger partial charge in [-0.2, -0.15) is 0 Å². The summed E-state index contributed by atoms with van der Waals surface area (Å²) in [4.78, 5) is 30.1. The first-order valence-corrected chi connectivity index (χ1v) is 7.42. The van der Waals surface area contributed by atoms with Crippen LogP contribution in [-0.2, 0) is 9.53 Å². The van der Waals surface area contributed by atoms with Crippen LogP contribution >= 0.6 is 0 Å². The molecule has 1 fully saturated rings. The maximum absolute atomic E-state index is 12.8. The lowest BCUT2D eigenvalue weighted by Crippen LogP contribution is -2.40. The summed E-state index contributed by atoms with van der Waals surface area (Å²) in [6.45, 7) is 0.649. The van der Waals surface area contributed by atoms with Gasteiger partial charge in [0, 0.05) is 38.0 Å². The van der Waals surface area contributed by atoms with Crippen molar-refractivity contribution >= 4 is 22.6 Å². The molecule has 120 valence electrons. The Labute approximate surface area is 133 Å². The van der Waals surface area contributed by atoms with Gasteiger partial charge in [0.05, 0.1) is 12.2 Å². The zero-order chi connectivity index (χ0) is 16.4. The van der Waals surface area contributed by atoms with E-state index in [1.807, 2.05) is 24.3 Å². The first-order chi connectivity index (χ1) is 11.1. The van der Waals surface area contributed by atoms with Gasteiger partial charge in [0.15, 0.2) is 0 Å². The topological polar surface area (TPSA) is 79.7 Å². The lowest BCUT2D eigenvalue weighted by Gasteiger charge is -2.24. The van der Waals surface area contributed by atoms with E-state index in [0.29, 0.717) is 18.5 Å². The third-order valence-corrected chi connectivity index (χ3v) is 4.41. The Balaban J connectivity index is 1.91. The summed E-state index contributed by atoms with van der Waals surface area (Å²) in [5.74, 6) is -1.11. The van der Waals surface area contributed by atoms with Crippen molar-refractivity contribution < 1.29 is 19.4 Å². The highest BCUT2D eigenvalue weighted by molar-refractivity contribution is 6.06. The number of carboxylic acid groups (broad SMARTS) is 1. The number of amides is 1. The molecule has 6 heteroatoms. The third-order valence-electron chi connectivity index (χ3n) is 4.41. The number of carboxylic acids is 1. The molecule has 0 unspecified atom stereocenters. The molecule has 1 N–H and O–H groups in total. The van der Waals surface area contributed by atoms with E-state index in [0.717, 1.165) is 10.8 Å². The van der Waals surface area contributed by atoms with Crippen molar-refractivity contribution in [2.24, 2.45) is 5.41 Å². The third kappa shape index (κ3) is 2.66. The number of fused-ring (bicyclic) bond motifs is 1. The Morgan fingerprint density at radius 3 is 2.87 bits per heavy atom. The lowest BCUT2D eigenvalue weighted by atomic mass is 9.88. The molecule has 2 aromatic rings. The Morgan fingerprint density at radius 1 is 1.35 bits per heavy atom. The fraction of sp³-hybridized carbons (Fsp3) is 0.353. The van der Waals surface area contributed by atoms with Gasteiger partial charge in [-0.3, -0.25) is 14.6 Å². The molecule has 0 radical (unpaired) electrons. The smallest absolute Gasteiger partial charge is 0.313 e. The number of hydrogen-bond donors (Lipinski definition) is 1. The van der Waals surface area contributed by atoms with Gasteiger partial charge >= 0.3 is 5.97 Å². The highest BCUT2D eigenvalue weighted by Crippen LogP contribution is 2.32. The van der Waals surface area contributed by atoms with Gasteiger partial charge in [0.25, 0.3) is 5.91 Å². The van der Waals surface area contributed by atoms with Crippen LogP contribution in [0.2, 0.25) is 0 Å². The Hall–Kier alpha value is -2.47. The fourth-order valence-corrected chi connectivity index (χ4v) is 3.13. The van der Waals surface area contributed by atoms with E-state index >= 15 is 0 Å². The lowest BCUT2D eigenvalue weighted by molar-refractivity contribution is -0.151. The SMILES string of the molecule is COC[C@]1(C(=O)O)CCN(C(=O)c2cncc3ccccc23)C1. The van der Waals surface area contributed by atoms with Gasteiger partial charge < -0.3 is 14.7 Å². The number of carbonyl (C=O) groups is 2. The number of pyridine rings is 1. The molecule has 0 bridgehead atoms. The fourth-order valence-electron chi connectivity index (χ4n) is 3.13. The van der Waals surface area contributed by atoms with E-state index < -0.39 is 11.4 Å². The summed E-state index contributed by atoms with van der Waals surface area (Å²) in [7, 11) is 1.48. The minimum Gasteiger partial charge on any atom is -0.481 e. The molecule has 1 amide bonds. The number of nitrogens with zero attached hydrogens (tertiary/aromatic N) is 2. The standard InChI is InChI=1S/C17H18N2O4/c1-23-11-17(16(21)22)6-7-19(10-17)15(20)14-9-18-8-12-4-2-3-5-13(12)14/h2-5,8-9H,6-7,10-11H2,1H3,(H,21,22)/t17-/m0/s1. The molecule has 3 rings (SSSR count). The van der Waals surface area contributed by atoms with E-state index in [1.54, 1.807) is 17.3 Å². The molecule has 1 aromatic carbocycles. The van der Waals surface area contributed by atoms with E-state index in [4.69, 9.17) is 4.74 Å². The molecule has 0 spiro atoms. The van der Waals surface area contributed by atoms with Crippen molar-refractivity contribution in [2.75, 3.05) is 26.8 Å². The number of methoxy groups -OCH3 is 1. The second-order valence-electron chi connectivity index (χ2n) is 5.90. The average molecular weight is 314 g/mol. The first kappa shape index (κ1) is 15.4. The Bertz CT molecular complexity index is 756. The van der Waals surface area contributed by atoms with Crippen molar-refractivity contribution in [3.63, 3.8) is 0 Å². The molecule has 0 saturated carbocycles. The maximum Gasteiger partial charge on any atom is 0.313 e. The van der Waals surface area contributed by atoms with Crippen molar-refractivity contribution in [3.8, 4) is 0 Å². The molecule has 1 aliphatic heterocycles. The summed E-state index contributed by atoms with van der Waals surface area (Å²) in [5.41, 5.74) is -0.524. The first-order valence-electron chi connectivity index (χ1n) is 7.42. The van der Waals surface area contributed by atoms with Crippen molar-refractivity contribution in [3.05, 3.63) is 42.2 Å². The largest absolute Gasteiger partial charge is 0.481 e. The molecular formula is C17H18N2O4. The van der Waals surface area contributed by atoms with Crippen LogP contribution in [0.25, 0.3) is 10.8 Å². The van der Waals surface area contributed by atoms with Crippen LogP contribution in [0.4, 0.5) is 0 Å². The Kier molecular flexibility index (Phi) is 4.00. The number of rotatable bonds is 4. The number of likely N-dealkylation sites (tertiary alicyclic amines) is 1. The number of carbonyl (C=O) groups excluding carboxylic acids is 1. The van der Waals surface area contributed by atoms with Crippen molar-refractivity contribution in [2.45, 2.75) is 6.42 Å². The number of hydrogen-bond acceptors (Lipinski definition) is 4. The molecule has 1 saturated heterocycles. The van der Waals surface area contributed by atoms with Gasteiger partial charge in [-0.05, 0) is 11.8 Å². The van der Waals surface area contributed by atoms with E-state index in [-0.39, 0.29) is 19.1 Å². The van der Waals surface area contributed by atoms with Crippen LogP contribution in [0, 0.1) is 5.41 Å². The predicted octanol–water partition coefficient (Wildman–Crippen LogP) is 1.80. The maximum atomic E-state index is 12.8. The van der Waals surface area contributed by atoms with Gasteiger partial charge in [0.2, 0.25) is 0 Å². The number of benzene rings is 1. The van der Waals surface area contributed by atoms with Crippen LogP contribution in [0.5, 0.6) is 0 Å². The molecule has 1 aromatic heterocycles. The summed E-state index contributed by atoms with van der Waals surface area (Å²) in [6, 6.07) is 7.53. The Morgan fingerprint density at radius 2 is 2.13 bits per heavy atom. The second-order valence-corrected chi connectivity index (χ2v) is 5.90. The molecule has 1 aliphatic rings. The van der Waals surface area contributed by atoms with Crippen LogP contribution in [0.1, 0.15) is 16.8 Å². The number of aromatic nitrogens is 1. The van der Waals surface area contributed by atoms with E-state index in [2.05, 4.69) is 4.98 Å². The summed E-state index contributed by atoms with van der Waals surface area (Å²) >= 11 is 0. The summed E-state index contributed by atoms with van der Waals surface area (Å²) in [6.07, 6.45) is 3.64. The summed E-state index contributed by atoms with van der Waals surface area (Å²) in [5, 5.41) is 11.2. The molecule has 6 nitrogen and oxygen atoms in total. The van der Waals surface area contributed by atoms with Crippen LogP contribution in [0.3, 0.4) is 0 Å². The highest BCUT2D eigenvalue weighted by atomic mass is 16.5. The van der Waals surface area contributed by atoms with Crippen LogP contribution in [-0.4, -0.2) is 53.7 Å². The normalized spacial score (nSPS) is 20.8. The molecule has 0 aliphatic carbocycles. The quantitative estimate of drug-likeness (QED) is 0.931. The van der Waals surface area contributed by atoms with E-state index in [1.165, 1.54) is 7.11 Å². The number of aliphatic carboxylic acids is 1. The second kappa shape index (κ2) is 5.96. The van der Waals surface area contributed by atoms with E-state index in [9.17, 15) is 14.7 Å². The number of ether oxygens (including phenoxy) is 1. The minimum absolute atomic E-state index is 0.0971. The van der Waals surface area contributed by atoms with Crippen molar-refractivity contribution in [1.29, 1.82) is 0 Å². The zero-order valence-electron chi connectivity index (χ0n) is 12.9. The average Bonchev–Trinajstić information content (AvgIpc) is 3.00. The van der Waals surface area contributed by atoms with Gasteiger partial charge in [0.1, 0.15) is 5.41 Å². The van der Waals surface area contributed by atoms with Crippen LogP contribution < -0.4 is 0 Å². The van der Waals surface area contributed by atoms with Crippen molar-refractivity contribution in [1.82, 2.24) is 9.88 Å². The van der Waals surface area contributed by atoms with Gasteiger partial charge in [-0.15, -0.1) is 0 Å². The minimum atomic E-state index is -1.03.